The molecule has 0 bridgehead atoms. The number of hydrogen-bond acceptors (Lipinski definition) is 4. The molecule has 1 atom stereocenters. The van der Waals surface area contributed by atoms with Gasteiger partial charge in [0.1, 0.15) is 5.60 Å². The lowest BCUT2D eigenvalue weighted by atomic mass is 10.1. The molecule has 1 amide bonds. The molecule has 5 nitrogen and oxygen atoms in total. The maximum atomic E-state index is 11.0. The number of carbonyl (C=O) groups excluding carboxylic acids is 2. The fraction of sp³-hybridized carbons (Fsp3) is 0.727. The van der Waals surface area contributed by atoms with E-state index in [0.29, 0.717) is 18.7 Å². The maximum Gasteiger partial charge on any atom is 0.306 e. The first-order valence-electron chi connectivity index (χ1n) is 9.68. The van der Waals surface area contributed by atoms with Gasteiger partial charge in [-0.3, -0.25) is 9.59 Å². The van der Waals surface area contributed by atoms with Gasteiger partial charge in [-0.05, 0) is 46.0 Å². The zero-order chi connectivity index (χ0) is 23.2. The molecule has 28 heavy (non-hydrogen) atoms. The Hall–Kier alpha value is -1.92. The number of esters is 1. The highest BCUT2D eigenvalue weighted by Gasteiger charge is 2.20. The van der Waals surface area contributed by atoms with Crippen molar-refractivity contribution >= 4 is 19.7 Å². The van der Waals surface area contributed by atoms with Crippen LogP contribution in [0.4, 0.5) is 0 Å². The summed E-state index contributed by atoms with van der Waals surface area (Å²) < 4.78 is 5.11. The Morgan fingerprint density at radius 1 is 1.29 bits per heavy atom. The first-order chi connectivity index (χ1) is 13.1. The lowest BCUT2D eigenvalue weighted by Gasteiger charge is -2.19. The Balaban J connectivity index is -0.000000152. The number of amides is 1. The van der Waals surface area contributed by atoms with E-state index in [-0.39, 0.29) is 23.4 Å². The van der Waals surface area contributed by atoms with Crippen molar-refractivity contribution in [3.63, 3.8) is 0 Å². The molecule has 0 spiro atoms. The van der Waals surface area contributed by atoms with Crippen LogP contribution in [0.5, 0.6) is 0 Å². The molecular formula is C22H41BN2O3. The lowest BCUT2D eigenvalue weighted by molar-refractivity contribution is -0.155. The molecular weight excluding hydrogens is 351 g/mol. The first kappa shape index (κ1) is 33.7. The highest BCUT2D eigenvalue weighted by Crippen LogP contribution is 2.10. The summed E-state index contributed by atoms with van der Waals surface area (Å²) in [5.74, 6) is 2.87. The van der Waals surface area contributed by atoms with Crippen LogP contribution in [0.15, 0.2) is 0 Å². The second-order valence-corrected chi connectivity index (χ2v) is 6.90. The van der Waals surface area contributed by atoms with Crippen molar-refractivity contribution in [2.24, 2.45) is 11.8 Å². The number of ether oxygens (including phenoxy) is 1. The van der Waals surface area contributed by atoms with Gasteiger partial charge in [0.05, 0.1) is 13.8 Å². The summed E-state index contributed by atoms with van der Waals surface area (Å²) in [5, 5.41) is 5.75. The molecule has 160 valence electrons. The highest BCUT2D eigenvalue weighted by molar-refractivity contribution is 6.10. The molecule has 0 aromatic carbocycles. The average molecular weight is 392 g/mol. The minimum Gasteiger partial charge on any atom is -0.460 e. The van der Waals surface area contributed by atoms with Gasteiger partial charge in [0.15, 0.2) is 0 Å². The minimum absolute atomic E-state index is 0.104. The monoisotopic (exact) mass is 392 g/mol. The average Bonchev–Trinajstić information content (AvgIpc) is 3.17. The maximum absolute atomic E-state index is 11.0. The number of nitrogens with one attached hydrogen (secondary N) is 2. The largest absolute Gasteiger partial charge is 0.460 e. The van der Waals surface area contributed by atoms with Crippen LogP contribution in [0.3, 0.4) is 0 Å². The van der Waals surface area contributed by atoms with Gasteiger partial charge in [-0.15, -0.1) is 25.2 Å². The molecule has 1 unspecified atom stereocenters. The Morgan fingerprint density at radius 3 is 2.00 bits per heavy atom. The van der Waals surface area contributed by atoms with E-state index in [1.54, 1.807) is 7.05 Å². The van der Waals surface area contributed by atoms with Crippen LogP contribution in [-0.2, 0) is 14.3 Å². The second-order valence-electron chi connectivity index (χ2n) is 6.90. The van der Waals surface area contributed by atoms with E-state index in [4.69, 9.17) is 12.6 Å². The minimum atomic E-state index is -0.341. The molecule has 1 saturated heterocycles. The van der Waals surface area contributed by atoms with E-state index >= 15 is 0 Å². The Morgan fingerprint density at radius 2 is 1.75 bits per heavy atom. The summed E-state index contributed by atoms with van der Waals surface area (Å²) in [4.78, 5) is 21.9. The summed E-state index contributed by atoms with van der Waals surface area (Å²) in [6.45, 7) is 15.5. The molecule has 0 aromatic heterocycles. The Labute approximate surface area is 175 Å². The SMILES string of the molecule is C#C.CC.CC(C)CC(=O)OC(C)(C)C.CNC(=O)C1CCNC1.[B]CC#C. The second kappa shape index (κ2) is 23.1. The third-order valence-corrected chi connectivity index (χ3v) is 2.79. The molecule has 1 rings (SSSR count). The van der Waals surface area contributed by atoms with Crippen LogP contribution < -0.4 is 10.6 Å². The topological polar surface area (TPSA) is 67.4 Å². The third-order valence-electron chi connectivity index (χ3n) is 2.79. The summed E-state index contributed by atoms with van der Waals surface area (Å²) in [6, 6.07) is 0. The molecule has 1 heterocycles. The fourth-order valence-corrected chi connectivity index (χ4v) is 1.80. The van der Waals surface area contributed by atoms with Crippen molar-refractivity contribution in [3.8, 4) is 25.2 Å². The van der Waals surface area contributed by atoms with Crippen LogP contribution in [0.1, 0.15) is 61.3 Å². The molecule has 1 aliphatic rings. The van der Waals surface area contributed by atoms with Gasteiger partial charge in [-0.1, -0.05) is 27.7 Å². The van der Waals surface area contributed by atoms with Crippen LogP contribution in [-0.4, -0.2) is 45.5 Å². The van der Waals surface area contributed by atoms with E-state index in [2.05, 4.69) is 35.8 Å². The van der Waals surface area contributed by atoms with Crippen LogP contribution in [0.25, 0.3) is 0 Å². The predicted molar refractivity (Wildman–Crippen MR) is 121 cm³/mol. The summed E-state index contributed by atoms with van der Waals surface area (Å²) >= 11 is 0. The molecule has 6 heteroatoms. The van der Waals surface area contributed by atoms with Crippen LogP contribution in [0, 0.1) is 37.0 Å². The van der Waals surface area contributed by atoms with Gasteiger partial charge in [-0.2, -0.15) is 0 Å². The molecule has 0 aliphatic carbocycles. The number of carbonyl (C=O) groups is 2. The number of hydrogen-bond donors (Lipinski definition) is 2. The van der Waals surface area contributed by atoms with Crippen molar-refractivity contribution in [3.05, 3.63) is 0 Å². The van der Waals surface area contributed by atoms with Crippen molar-refractivity contribution < 1.29 is 14.3 Å². The quantitative estimate of drug-likeness (QED) is 0.440. The van der Waals surface area contributed by atoms with E-state index in [9.17, 15) is 9.59 Å². The van der Waals surface area contributed by atoms with Gasteiger partial charge in [-0.25, -0.2) is 0 Å². The van der Waals surface area contributed by atoms with Crippen LogP contribution in [0.2, 0.25) is 6.32 Å². The Kier molecular flexibility index (Phi) is 27.8. The first-order valence-corrected chi connectivity index (χ1v) is 9.68. The van der Waals surface area contributed by atoms with E-state index < -0.39 is 0 Å². The standard InChI is InChI=1S/C9H18O2.C6H12N2O.C3H3B.C2H6.C2H2/c1-7(2)6-8(10)11-9(3,4)5;1-7-6(9)5-2-3-8-4-5;1-2-3-4;2*1-2/h7H,6H2,1-5H3;5,8H,2-4H2,1H3,(H,7,9);1H,3H2;1-2H3;1-2H. The molecule has 2 radical (unpaired) electrons. The van der Waals surface area contributed by atoms with Crippen molar-refractivity contribution in [2.75, 3.05) is 20.1 Å². The lowest BCUT2D eigenvalue weighted by Crippen LogP contribution is -2.28. The van der Waals surface area contributed by atoms with Crippen LogP contribution >= 0.6 is 0 Å². The molecule has 2 N–H and O–H groups in total. The summed E-state index contributed by atoms with van der Waals surface area (Å²) in [7, 11) is 6.47. The van der Waals surface area contributed by atoms with E-state index in [1.165, 1.54) is 0 Å². The number of terminal acetylenes is 2. The normalized spacial score (nSPS) is 14.0. The molecule has 1 fully saturated rings. The predicted octanol–water partition coefficient (Wildman–Crippen LogP) is 3.20. The summed E-state index contributed by atoms with van der Waals surface area (Å²) in [6.07, 6.45) is 14.5. The zero-order valence-corrected chi connectivity index (χ0v) is 19.2. The molecule has 1 aliphatic heterocycles. The van der Waals surface area contributed by atoms with Gasteiger partial charge < -0.3 is 15.4 Å². The number of rotatable bonds is 3. The fourth-order valence-electron chi connectivity index (χ4n) is 1.80. The summed E-state index contributed by atoms with van der Waals surface area (Å²) in [5.41, 5.74) is -0.341. The van der Waals surface area contributed by atoms with E-state index in [1.807, 2.05) is 48.5 Å². The van der Waals surface area contributed by atoms with E-state index in [0.717, 1.165) is 19.5 Å². The van der Waals surface area contributed by atoms with Gasteiger partial charge in [0.2, 0.25) is 5.91 Å². The highest BCUT2D eigenvalue weighted by atomic mass is 16.6. The van der Waals surface area contributed by atoms with Gasteiger partial charge in [0, 0.05) is 20.0 Å². The van der Waals surface area contributed by atoms with Crippen molar-refractivity contribution in [1.82, 2.24) is 10.6 Å². The molecule has 0 aromatic rings. The van der Waals surface area contributed by atoms with Crippen molar-refractivity contribution in [2.45, 2.75) is 73.2 Å². The smallest absolute Gasteiger partial charge is 0.306 e. The van der Waals surface area contributed by atoms with Gasteiger partial charge in [0.25, 0.3) is 0 Å². The Bertz CT molecular complexity index is 429. The zero-order valence-electron chi connectivity index (χ0n) is 19.2. The van der Waals surface area contributed by atoms with Crippen molar-refractivity contribution in [1.29, 1.82) is 0 Å². The molecule has 0 saturated carbocycles. The van der Waals surface area contributed by atoms with Gasteiger partial charge >= 0.3 is 5.97 Å². The third kappa shape index (κ3) is 28.9.